The van der Waals surface area contributed by atoms with Crippen LogP contribution in [0.2, 0.25) is 0 Å². The number of fused-ring (bicyclic) bond motifs is 1. The second kappa shape index (κ2) is 11.1. The third-order valence-electron chi connectivity index (χ3n) is 5.83. The van der Waals surface area contributed by atoms with Crippen molar-refractivity contribution in [2.24, 2.45) is 4.99 Å². The molecule has 0 bridgehead atoms. The number of ether oxygens (including phenoxy) is 1. The molecule has 7 nitrogen and oxygen atoms in total. The van der Waals surface area contributed by atoms with Gasteiger partial charge in [0, 0.05) is 47.3 Å². The van der Waals surface area contributed by atoms with Crippen LogP contribution in [0.5, 0.6) is 0 Å². The van der Waals surface area contributed by atoms with Gasteiger partial charge in [0.15, 0.2) is 5.96 Å². The Morgan fingerprint density at radius 1 is 1.16 bits per heavy atom. The molecular weight excluding hydrogens is 503 g/mol. The van der Waals surface area contributed by atoms with Crippen molar-refractivity contribution >= 4 is 35.8 Å². The molecule has 8 heteroatoms. The molecule has 2 aromatic rings. The number of aliphatic imine (C=N–C) groups is 1. The Morgan fingerprint density at radius 3 is 2.71 bits per heavy atom. The molecule has 0 spiro atoms. The van der Waals surface area contributed by atoms with E-state index in [2.05, 4.69) is 50.4 Å². The number of hydrogen-bond donors (Lipinski definition) is 1. The van der Waals surface area contributed by atoms with Crippen LogP contribution in [0, 0.1) is 0 Å². The van der Waals surface area contributed by atoms with Gasteiger partial charge in [0.05, 0.1) is 31.0 Å². The van der Waals surface area contributed by atoms with Crippen molar-refractivity contribution in [2.75, 3.05) is 52.3 Å². The van der Waals surface area contributed by atoms with Gasteiger partial charge in [-0.05, 0) is 17.7 Å². The average molecular weight is 536 g/mol. The number of hydrogen-bond acceptors (Lipinski definition) is 5. The predicted molar refractivity (Wildman–Crippen MR) is 136 cm³/mol. The topological polar surface area (TPSA) is 56.2 Å². The van der Waals surface area contributed by atoms with E-state index in [1.807, 2.05) is 44.2 Å². The average Bonchev–Trinajstić information content (AvgIpc) is 3.20. The van der Waals surface area contributed by atoms with Crippen molar-refractivity contribution in [3.63, 3.8) is 0 Å². The van der Waals surface area contributed by atoms with Gasteiger partial charge in [0.1, 0.15) is 5.82 Å². The van der Waals surface area contributed by atoms with Gasteiger partial charge in [-0.3, -0.25) is 9.89 Å². The van der Waals surface area contributed by atoms with Gasteiger partial charge in [-0.25, -0.2) is 4.98 Å². The van der Waals surface area contributed by atoms with Gasteiger partial charge in [-0.15, -0.1) is 24.0 Å². The molecule has 2 aliphatic rings. The Balaban J connectivity index is 0.00000272. The zero-order valence-electron chi connectivity index (χ0n) is 18.6. The number of morpholine rings is 1. The maximum Gasteiger partial charge on any atom is 0.194 e. The molecule has 4 rings (SSSR count). The zero-order valence-corrected chi connectivity index (χ0v) is 20.9. The first-order chi connectivity index (χ1) is 14.6. The molecule has 2 atom stereocenters. The molecule has 0 aliphatic carbocycles. The molecule has 2 fully saturated rings. The monoisotopic (exact) mass is 536 g/mol. The van der Waals surface area contributed by atoms with E-state index in [1.54, 1.807) is 0 Å². The molecule has 1 N–H and O–H groups in total. The summed E-state index contributed by atoms with van der Waals surface area (Å²) in [7, 11) is 5.86. The molecule has 31 heavy (non-hydrogen) atoms. The Bertz CT molecular complexity index is 862. The number of nitrogens with one attached hydrogen (secondary N) is 1. The molecular formula is C23H33IN6O. The van der Waals surface area contributed by atoms with Gasteiger partial charge in [0.25, 0.3) is 0 Å². The van der Waals surface area contributed by atoms with E-state index in [-0.39, 0.29) is 30.1 Å². The van der Waals surface area contributed by atoms with Crippen molar-refractivity contribution in [1.29, 1.82) is 0 Å². The highest BCUT2D eigenvalue weighted by atomic mass is 127. The van der Waals surface area contributed by atoms with Gasteiger partial charge in [-0.1, -0.05) is 36.4 Å². The number of pyridine rings is 1. The Kier molecular flexibility index (Phi) is 8.50. The van der Waals surface area contributed by atoms with Gasteiger partial charge < -0.3 is 19.9 Å². The normalized spacial score (nSPS) is 21.4. The lowest BCUT2D eigenvalue weighted by atomic mass is 10.1. The maximum absolute atomic E-state index is 6.12. The molecule has 1 aromatic heterocycles. The first-order valence-electron chi connectivity index (χ1n) is 10.6. The van der Waals surface area contributed by atoms with E-state index in [0.717, 1.165) is 50.3 Å². The van der Waals surface area contributed by atoms with Crippen LogP contribution >= 0.6 is 24.0 Å². The van der Waals surface area contributed by atoms with E-state index >= 15 is 0 Å². The fourth-order valence-corrected chi connectivity index (χ4v) is 4.26. The number of nitrogens with zero attached hydrogens (tertiary/aromatic N) is 5. The summed E-state index contributed by atoms with van der Waals surface area (Å²) in [6, 6.07) is 17.2. The Morgan fingerprint density at radius 2 is 1.97 bits per heavy atom. The summed E-state index contributed by atoms with van der Waals surface area (Å²) in [5.74, 6) is 1.87. The molecule has 0 saturated carbocycles. The molecule has 1 aromatic carbocycles. The summed E-state index contributed by atoms with van der Waals surface area (Å²) in [6.45, 7) is 5.15. The maximum atomic E-state index is 6.12. The van der Waals surface area contributed by atoms with Crippen LogP contribution in [0.25, 0.3) is 0 Å². The number of likely N-dealkylation sites (tertiary alicyclic amines) is 1. The number of halogens is 1. The summed E-state index contributed by atoms with van der Waals surface area (Å²) in [4.78, 5) is 16.1. The SMILES string of the molecule is CN=C(NCc1cccc(N(C)C)n1)N1CC2OCCN(Cc3ccccc3)C2C1.I. The highest BCUT2D eigenvalue weighted by molar-refractivity contribution is 14.0. The van der Waals surface area contributed by atoms with Crippen molar-refractivity contribution < 1.29 is 4.74 Å². The van der Waals surface area contributed by atoms with Crippen LogP contribution in [0.1, 0.15) is 11.3 Å². The van der Waals surface area contributed by atoms with E-state index in [9.17, 15) is 0 Å². The van der Waals surface area contributed by atoms with Crippen LogP contribution in [0.3, 0.4) is 0 Å². The van der Waals surface area contributed by atoms with E-state index in [0.29, 0.717) is 12.6 Å². The number of guanidine groups is 1. The van der Waals surface area contributed by atoms with Crippen molar-refractivity contribution in [1.82, 2.24) is 20.1 Å². The summed E-state index contributed by atoms with van der Waals surface area (Å²) in [5, 5.41) is 3.49. The van der Waals surface area contributed by atoms with Crippen molar-refractivity contribution in [2.45, 2.75) is 25.2 Å². The van der Waals surface area contributed by atoms with E-state index in [4.69, 9.17) is 9.72 Å². The zero-order chi connectivity index (χ0) is 20.9. The predicted octanol–water partition coefficient (Wildman–Crippen LogP) is 2.43. The molecule has 2 unspecified atom stereocenters. The van der Waals surface area contributed by atoms with Gasteiger partial charge in [-0.2, -0.15) is 0 Å². The largest absolute Gasteiger partial charge is 0.373 e. The minimum Gasteiger partial charge on any atom is -0.373 e. The molecule has 2 aliphatic heterocycles. The van der Waals surface area contributed by atoms with Crippen molar-refractivity contribution in [3.8, 4) is 0 Å². The highest BCUT2D eigenvalue weighted by Crippen LogP contribution is 2.24. The quantitative estimate of drug-likeness (QED) is 0.360. The van der Waals surface area contributed by atoms with Gasteiger partial charge >= 0.3 is 0 Å². The second-order valence-electron chi connectivity index (χ2n) is 8.12. The summed E-state index contributed by atoms with van der Waals surface area (Å²) >= 11 is 0. The van der Waals surface area contributed by atoms with Crippen molar-refractivity contribution in [3.05, 3.63) is 59.8 Å². The van der Waals surface area contributed by atoms with E-state index in [1.165, 1.54) is 5.56 Å². The first-order valence-corrected chi connectivity index (χ1v) is 10.6. The Hall–Kier alpha value is -1.91. The standard InChI is InChI=1S/C23H32N6O.HI/c1-24-23(25-14-19-10-7-11-22(26-19)27(2)3)29-16-20-21(17-29)30-13-12-28(20)15-18-8-5-4-6-9-18;/h4-11,20-21H,12-17H2,1-3H3,(H,24,25);1H. The lowest BCUT2D eigenvalue weighted by Crippen LogP contribution is -2.50. The fourth-order valence-electron chi connectivity index (χ4n) is 4.26. The minimum atomic E-state index is 0. The number of anilines is 1. The van der Waals surface area contributed by atoms with Crippen LogP contribution < -0.4 is 10.2 Å². The molecule has 2 saturated heterocycles. The van der Waals surface area contributed by atoms with Crippen LogP contribution in [0.15, 0.2) is 53.5 Å². The molecule has 168 valence electrons. The van der Waals surface area contributed by atoms with Crippen LogP contribution in [-0.2, 0) is 17.8 Å². The number of benzene rings is 1. The lowest BCUT2D eigenvalue weighted by molar-refractivity contribution is -0.0502. The third kappa shape index (κ3) is 5.87. The molecule has 3 heterocycles. The highest BCUT2D eigenvalue weighted by Gasteiger charge is 2.41. The summed E-state index contributed by atoms with van der Waals surface area (Å²) in [5.41, 5.74) is 2.35. The first kappa shape index (κ1) is 23.7. The van der Waals surface area contributed by atoms with Crippen LogP contribution in [-0.4, -0.2) is 80.3 Å². The fraction of sp³-hybridized carbons (Fsp3) is 0.478. The summed E-state index contributed by atoms with van der Waals surface area (Å²) < 4.78 is 6.12. The number of rotatable bonds is 5. The molecule has 0 radical (unpaired) electrons. The second-order valence-corrected chi connectivity index (χ2v) is 8.12. The minimum absolute atomic E-state index is 0. The third-order valence-corrected chi connectivity index (χ3v) is 5.83. The Labute approximate surface area is 202 Å². The molecule has 0 amide bonds. The lowest BCUT2D eigenvalue weighted by Gasteiger charge is -2.36. The summed E-state index contributed by atoms with van der Waals surface area (Å²) in [6.07, 6.45) is 0.219. The van der Waals surface area contributed by atoms with Crippen LogP contribution in [0.4, 0.5) is 5.82 Å². The smallest absolute Gasteiger partial charge is 0.194 e. The van der Waals surface area contributed by atoms with E-state index < -0.39 is 0 Å². The van der Waals surface area contributed by atoms with Gasteiger partial charge in [0.2, 0.25) is 0 Å². The number of aromatic nitrogens is 1.